The van der Waals surface area contributed by atoms with Crippen LogP contribution in [0, 0.1) is 0 Å². The molecule has 2 rings (SSSR count). The summed E-state index contributed by atoms with van der Waals surface area (Å²) in [7, 11) is 0. The quantitative estimate of drug-likeness (QED) is 0.839. The monoisotopic (exact) mass is 235 g/mol. The fourth-order valence-corrected chi connectivity index (χ4v) is 2.60. The van der Waals surface area contributed by atoms with E-state index in [1.165, 1.54) is 0 Å². The van der Waals surface area contributed by atoms with Gasteiger partial charge >= 0.3 is 5.97 Å². The largest absolute Gasteiger partial charge is 0.480 e. The lowest BCUT2D eigenvalue weighted by Crippen LogP contribution is -2.35. The van der Waals surface area contributed by atoms with E-state index >= 15 is 0 Å². The van der Waals surface area contributed by atoms with Gasteiger partial charge in [-0.25, -0.2) is 0 Å². The van der Waals surface area contributed by atoms with Crippen LogP contribution in [0.25, 0.3) is 6.08 Å². The Kier molecular flexibility index (Phi) is 3.64. The van der Waals surface area contributed by atoms with E-state index in [0.29, 0.717) is 5.75 Å². The minimum atomic E-state index is -0.775. The van der Waals surface area contributed by atoms with Crippen molar-refractivity contribution in [3.05, 3.63) is 42.0 Å². The third kappa shape index (κ3) is 2.87. The molecule has 0 aliphatic carbocycles. The van der Waals surface area contributed by atoms with Crippen molar-refractivity contribution < 1.29 is 9.90 Å². The van der Waals surface area contributed by atoms with Crippen molar-refractivity contribution in [1.82, 2.24) is 5.32 Å². The Balaban J connectivity index is 1.92. The van der Waals surface area contributed by atoms with Crippen LogP contribution >= 0.6 is 11.8 Å². The molecule has 0 aromatic heterocycles. The molecule has 1 aliphatic rings. The van der Waals surface area contributed by atoms with Crippen LogP contribution in [-0.4, -0.2) is 28.2 Å². The summed E-state index contributed by atoms with van der Waals surface area (Å²) in [6.45, 7) is 0. The van der Waals surface area contributed by atoms with Crippen molar-refractivity contribution in [2.24, 2.45) is 0 Å². The van der Waals surface area contributed by atoms with E-state index in [2.05, 4.69) is 5.32 Å². The number of carbonyl (C=O) groups is 1. The average molecular weight is 235 g/mol. The highest BCUT2D eigenvalue weighted by Crippen LogP contribution is 2.20. The molecule has 1 aliphatic heterocycles. The van der Waals surface area contributed by atoms with Gasteiger partial charge in [-0.15, -0.1) is 11.8 Å². The molecule has 1 saturated heterocycles. The van der Waals surface area contributed by atoms with Gasteiger partial charge in [-0.05, 0) is 5.56 Å². The first-order valence-corrected chi connectivity index (χ1v) is 6.14. The molecule has 0 spiro atoms. The summed E-state index contributed by atoms with van der Waals surface area (Å²) in [5.41, 5.74) is 1.13. The highest BCUT2D eigenvalue weighted by Gasteiger charge is 2.27. The topological polar surface area (TPSA) is 49.3 Å². The average Bonchev–Trinajstić information content (AvgIpc) is 2.76. The molecule has 3 nitrogen and oxygen atoms in total. The third-order valence-electron chi connectivity index (χ3n) is 2.37. The molecule has 0 amide bonds. The molecule has 1 fully saturated rings. The van der Waals surface area contributed by atoms with Crippen molar-refractivity contribution >= 4 is 23.8 Å². The van der Waals surface area contributed by atoms with Crippen molar-refractivity contribution in [2.75, 3.05) is 5.75 Å². The van der Waals surface area contributed by atoms with Gasteiger partial charge in [-0.2, -0.15) is 0 Å². The number of carboxylic acid groups (broad SMARTS) is 1. The maximum Gasteiger partial charge on any atom is 0.321 e. The first kappa shape index (κ1) is 11.2. The van der Waals surface area contributed by atoms with Crippen molar-refractivity contribution in [1.29, 1.82) is 0 Å². The zero-order chi connectivity index (χ0) is 11.4. The van der Waals surface area contributed by atoms with Crippen LogP contribution in [0.4, 0.5) is 0 Å². The number of hydrogen-bond acceptors (Lipinski definition) is 3. The number of rotatable bonds is 3. The molecule has 16 heavy (non-hydrogen) atoms. The van der Waals surface area contributed by atoms with E-state index in [0.717, 1.165) is 5.56 Å². The summed E-state index contributed by atoms with van der Waals surface area (Å²) in [4.78, 5) is 10.7. The van der Waals surface area contributed by atoms with Gasteiger partial charge in [0.05, 0.1) is 5.37 Å². The van der Waals surface area contributed by atoms with E-state index in [-0.39, 0.29) is 5.37 Å². The predicted octanol–water partition coefficient (Wildman–Crippen LogP) is 1.82. The molecule has 0 unspecified atom stereocenters. The van der Waals surface area contributed by atoms with Gasteiger partial charge in [0.25, 0.3) is 0 Å². The molecule has 84 valence electrons. The second-order valence-electron chi connectivity index (χ2n) is 3.58. The maximum absolute atomic E-state index is 10.7. The van der Waals surface area contributed by atoms with Crippen LogP contribution in [0.5, 0.6) is 0 Å². The third-order valence-corrected chi connectivity index (χ3v) is 3.55. The molecular formula is C12H13NO2S. The van der Waals surface area contributed by atoms with E-state index in [1.807, 2.05) is 42.5 Å². The fraction of sp³-hybridized carbons (Fsp3) is 0.250. The summed E-state index contributed by atoms with van der Waals surface area (Å²) in [5, 5.41) is 12.0. The molecule has 0 bridgehead atoms. The minimum absolute atomic E-state index is 0.0984. The molecule has 0 radical (unpaired) electrons. The number of benzene rings is 1. The van der Waals surface area contributed by atoms with Crippen LogP contribution < -0.4 is 5.32 Å². The lowest BCUT2D eigenvalue weighted by atomic mass is 10.2. The van der Waals surface area contributed by atoms with E-state index in [1.54, 1.807) is 11.8 Å². The van der Waals surface area contributed by atoms with E-state index < -0.39 is 12.0 Å². The number of hydrogen-bond donors (Lipinski definition) is 2. The standard InChI is InChI=1S/C12H13NO2S/c14-12(15)10-8-16-11(13-10)7-6-9-4-2-1-3-5-9/h1-7,10-11,13H,8H2,(H,14,15)/b7-6+/t10-,11-/m0/s1. The number of thioether (sulfide) groups is 1. The molecule has 1 aromatic rings. The normalized spacial score (nSPS) is 25.0. The molecule has 0 saturated carbocycles. The molecule has 2 atom stereocenters. The predicted molar refractivity (Wildman–Crippen MR) is 66.3 cm³/mol. The highest BCUT2D eigenvalue weighted by molar-refractivity contribution is 8.00. The second-order valence-corrected chi connectivity index (χ2v) is 4.76. The first-order valence-electron chi connectivity index (χ1n) is 5.09. The lowest BCUT2D eigenvalue weighted by Gasteiger charge is -2.05. The summed E-state index contributed by atoms with van der Waals surface area (Å²) in [5.74, 6) is -0.151. The Morgan fingerprint density at radius 2 is 2.19 bits per heavy atom. The summed E-state index contributed by atoms with van der Waals surface area (Å²) in [6, 6.07) is 9.55. The SMILES string of the molecule is O=C(O)[C@@H]1CS[C@@H](/C=C/c2ccccc2)N1. The van der Waals surface area contributed by atoms with E-state index in [9.17, 15) is 4.79 Å². The second kappa shape index (κ2) is 5.18. The highest BCUT2D eigenvalue weighted by atomic mass is 32.2. The van der Waals surface area contributed by atoms with Gasteiger partial charge < -0.3 is 5.11 Å². The van der Waals surface area contributed by atoms with Crippen LogP contribution in [0.15, 0.2) is 36.4 Å². The van der Waals surface area contributed by atoms with Gasteiger partial charge in [0.2, 0.25) is 0 Å². The number of carboxylic acids is 1. The fourth-order valence-electron chi connectivity index (χ4n) is 1.51. The summed E-state index contributed by atoms with van der Waals surface area (Å²) >= 11 is 1.62. The Morgan fingerprint density at radius 1 is 1.44 bits per heavy atom. The van der Waals surface area contributed by atoms with Crippen LogP contribution in [-0.2, 0) is 4.79 Å². The van der Waals surface area contributed by atoms with E-state index in [4.69, 9.17) is 5.11 Å². The van der Waals surface area contributed by atoms with Crippen molar-refractivity contribution in [3.8, 4) is 0 Å². The number of aliphatic carboxylic acids is 1. The summed E-state index contributed by atoms with van der Waals surface area (Å²) in [6.07, 6.45) is 4.01. The Hall–Kier alpha value is -1.26. The Labute approximate surface area is 98.6 Å². The summed E-state index contributed by atoms with van der Waals surface area (Å²) < 4.78 is 0. The molecule has 2 N–H and O–H groups in total. The molecular weight excluding hydrogens is 222 g/mol. The van der Waals surface area contributed by atoms with Gasteiger partial charge in [0.15, 0.2) is 0 Å². The number of nitrogens with one attached hydrogen (secondary N) is 1. The van der Waals surface area contributed by atoms with Gasteiger partial charge in [-0.3, -0.25) is 10.1 Å². The molecule has 4 heteroatoms. The lowest BCUT2D eigenvalue weighted by molar-refractivity contribution is -0.138. The van der Waals surface area contributed by atoms with Crippen LogP contribution in [0.3, 0.4) is 0 Å². The zero-order valence-electron chi connectivity index (χ0n) is 8.67. The van der Waals surface area contributed by atoms with Crippen LogP contribution in [0.1, 0.15) is 5.56 Å². The smallest absolute Gasteiger partial charge is 0.321 e. The zero-order valence-corrected chi connectivity index (χ0v) is 9.48. The van der Waals surface area contributed by atoms with Gasteiger partial charge in [0.1, 0.15) is 6.04 Å². The molecule has 1 aromatic carbocycles. The Morgan fingerprint density at radius 3 is 2.81 bits per heavy atom. The Bertz CT molecular complexity index is 391. The van der Waals surface area contributed by atoms with Crippen molar-refractivity contribution in [3.63, 3.8) is 0 Å². The van der Waals surface area contributed by atoms with Gasteiger partial charge in [0, 0.05) is 5.75 Å². The van der Waals surface area contributed by atoms with Crippen molar-refractivity contribution in [2.45, 2.75) is 11.4 Å². The minimum Gasteiger partial charge on any atom is -0.480 e. The van der Waals surface area contributed by atoms with Crippen LogP contribution in [0.2, 0.25) is 0 Å². The first-order chi connectivity index (χ1) is 7.75. The van der Waals surface area contributed by atoms with Gasteiger partial charge in [-0.1, -0.05) is 42.5 Å². The maximum atomic E-state index is 10.7. The molecule has 1 heterocycles.